The minimum absolute atomic E-state index is 0.352. The summed E-state index contributed by atoms with van der Waals surface area (Å²) in [6.45, 7) is 2.20. The minimum Gasteiger partial charge on any atom is -0.251 e. The van der Waals surface area contributed by atoms with Crippen molar-refractivity contribution in [2.45, 2.75) is 13.3 Å². The van der Waals surface area contributed by atoms with Crippen LogP contribution in [-0.2, 0) is 10.2 Å². The van der Waals surface area contributed by atoms with Crippen molar-refractivity contribution in [1.29, 1.82) is 0 Å². The van der Waals surface area contributed by atoms with Crippen LogP contribution in [0.25, 0.3) is 0 Å². The van der Waals surface area contributed by atoms with Gasteiger partial charge in [0.05, 0.1) is 11.4 Å². The lowest BCUT2D eigenvalue weighted by Gasteiger charge is -2.21. The Hall–Kier alpha value is -1.79. The zero-order valence-corrected chi connectivity index (χ0v) is 13.7. The molecule has 7 heteroatoms. The van der Waals surface area contributed by atoms with E-state index in [0.717, 1.165) is 5.56 Å². The number of pyridine rings is 1. The summed E-state index contributed by atoms with van der Waals surface area (Å²) in [5, 5.41) is 0. The van der Waals surface area contributed by atoms with Crippen LogP contribution in [0, 0.1) is 6.92 Å². The zero-order chi connectivity index (χ0) is 15.7. The van der Waals surface area contributed by atoms with Gasteiger partial charge in [-0.2, -0.15) is 8.42 Å². The molecular weight excluding hydrogens is 322 g/mol. The fourth-order valence-corrected chi connectivity index (χ4v) is 4.44. The third-order valence-corrected chi connectivity index (χ3v) is 5.58. The Labute approximate surface area is 135 Å². The van der Waals surface area contributed by atoms with Crippen LogP contribution in [0.5, 0.6) is 0 Å². The van der Waals surface area contributed by atoms with E-state index in [1.807, 2.05) is 25.1 Å². The lowest BCUT2D eigenvalue weighted by Crippen LogP contribution is -2.36. The van der Waals surface area contributed by atoms with Gasteiger partial charge in [-0.15, -0.1) is 11.6 Å². The molecule has 0 spiro atoms. The van der Waals surface area contributed by atoms with Crippen LogP contribution < -0.4 is 8.61 Å². The van der Waals surface area contributed by atoms with E-state index in [4.69, 9.17) is 11.6 Å². The molecule has 0 N–H and O–H groups in total. The van der Waals surface area contributed by atoms with Crippen molar-refractivity contribution in [3.05, 3.63) is 48.2 Å². The Bertz CT molecular complexity index is 795. The Kier molecular flexibility index (Phi) is 3.97. The largest absolute Gasteiger partial charge is 0.332 e. The van der Waals surface area contributed by atoms with Gasteiger partial charge in [-0.25, -0.2) is 9.29 Å². The molecule has 22 heavy (non-hydrogen) atoms. The van der Waals surface area contributed by atoms with Gasteiger partial charge in [-0.3, -0.25) is 4.31 Å². The second-order valence-electron chi connectivity index (χ2n) is 5.02. The smallest absolute Gasteiger partial charge is 0.251 e. The molecule has 0 amide bonds. The maximum atomic E-state index is 13.0. The third-order valence-electron chi connectivity index (χ3n) is 3.55. The van der Waals surface area contributed by atoms with E-state index in [-0.39, 0.29) is 0 Å². The molecule has 0 saturated heterocycles. The summed E-state index contributed by atoms with van der Waals surface area (Å²) in [4.78, 5) is 4.26. The van der Waals surface area contributed by atoms with Crippen LogP contribution in [0.2, 0.25) is 0 Å². The molecular formula is C15H16ClN3O2S. The third kappa shape index (κ3) is 2.32. The molecule has 0 atom stereocenters. The number of alkyl halides is 1. The van der Waals surface area contributed by atoms with E-state index >= 15 is 0 Å². The Morgan fingerprint density at radius 1 is 1.14 bits per heavy atom. The summed E-state index contributed by atoms with van der Waals surface area (Å²) in [6.07, 6.45) is 2.19. The second-order valence-corrected chi connectivity index (χ2v) is 7.10. The Morgan fingerprint density at radius 3 is 2.55 bits per heavy atom. The van der Waals surface area contributed by atoms with Crippen LogP contribution in [0.1, 0.15) is 12.0 Å². The number of benzene rings is 1. The van der Waals surface area contributed by atoms with E-state index in [1.54, 1.807) is 24.4 Å². The number of para-hydroxylation sites is 2. The van der Waals surface area contributed by atoms with E-state index < -0.39 is 10.2 Å². The van der Waals surface area contributed by atoms with Gasteiger partial charge in [-0.1, -0.05) is 18.2 Å². The summed E-state index contributed by atoms with van der Waals surface area (Å²) in [6, 6.07) is 10.9. The summed E-state index contributed by atoms with van der Waals surface area (Å²) >= 11 is 5.73. The lowest BCUT2D eigenvalue weighted by atomic mass is 10.2. The van der Waals surface area contributed by atoms with E-state index in [0.29, 0.717) is 36.0 Å². The van der Waals surface area contributed by atoms with Crippen molar-refractivity contribution in [1.82, 2.24) is 4.98 Å². The van der Waals surface area contributed by atoms with Crippen LogP contribution in [0.4, 0.5) is 17.2 Å². The topological polar surface area (TPSA) is 53.5 Å². The van der Waals surface area contributed by atoms with Crippen LogP contribution in [0.3, 0.4) is 0 Å². The maximum absolute atomic E-state index is 13.0. The first-order valence-electron chi connectivity index (χ1n) is 6.97. The van der Waals surface area contributed by atoms with Crippen molar-refractivity contribution in [3.63, 3.8) is 0 Å². The van der Waals surface area contributed by atoms with Gasteiger partial charge in [0.25, 0.3) is 0 Å². The van der Waals surface area contributed by atoms with Gasteiger partial charge in [0.15, 0.2) is 5.82 Å². The number of hydrogen-bond donors (Lipinski definition) is 0. The lowest BCUT2D eigenvalue weighted by molar-refractivity contribution is 0.593. The Morgan fingerprint density at radius 2 is 1.86 bits per heavy atom. The normalized spacial score (nSPS) is 15.9. The number of hydrogen-bond acceptors (Lipinski definition) is 3. The van der Waals surface area contributed by atoms with Crippen molar-refractivity contribution in [2.24, 2.45) is 0 Å². The first-order valence-corrected chi connectivity index (χ1v) is 8.90. The van der Waals surface area contributed by atoms with Crippen LogP contribution >= 0.6 is 11.6 Å². The average Bonchev–Trinajstić information content (AvgIpc) is 2.72. The molecule has 116 valence electrons. The fourth-order valence-electron chi connectivity index (χ4n) is 2.55. The first-order chi connectivity index (χ1) is 10.6. The molecule has 2 aromatic rings. The van der Waals surface area contributed by atoms with Crippen LogP contribution in [0.15, 0.2) is 42.6 Å². The van der Waals surface area contributed by atoms with Crippen LogP contribution in [-0.4, -0.2) is 25.8 Å². The number of aromatic nitrogens is 1. The highest BCUT2D eigenvalue weighted by Crippen LogP contribution is 2.45. The maximum Gasteiger partial charge on any atom is 0.332 e. The predicted molar refractivity (Wildman–Crippen MR) is 89.2 cm³/mol. The highest BCUT2D eigenvalue weighted by molar-refractivity contribution is 7.95. The van der Waals surface area contributed by atoms with E-state index in [9.17, 15) is 8.42 Å². The Balaban J connectivity index is 2.17. The minimum atomic E-state index is -3.69. The quantitative estimate of drug-likeness (QED) is 0.805. The van der Waals surface area contributed by atoms with Gasteiger partial charge >= 0.3 is 10.2 Å². The molecule has 0 unspecified atom stereocenters. The molecule has 0 saturated carbocycles. The molecule has 5 nitrogen and oxygen atoms in total. The summed E-state index contributed by atoms with van der Waals surface area (Å²) in [5.74, 6) is 0.847. The van der Waals surface area contributed by atoms with Crippen molar-refractivity contribution >= 4 is 39.0 Å². The molecule has 1 aliphatic rings. The molecule has 0 radical (unpaired) electrons. The fraction of sp³-hybridized carbons (Fsp3) is 0.267. The highest BCUT2D eigenvalue weighted by Gasteiger charge is 2.41. The standard InChI is InChI=1S/C15H16ClN3O2S/c1-12-6-4-10-17-15(12)19-14-8-3-2-7-13(14)18(11-5-9-16)22(19,20)21/h2-4,6-8,10H,5,9,11H2,1H3. The molecule has 3 rings (SSSR count). The van der Waals surface area contributed by atoms with Gasteiger partial charge in [-0.05, 0) is 37.1 Å². The molecule has 0 fully saturated rings. The summed E-state index contributed by atoms with van der Waals surface area (Å²) in [7, 11) is -3.69. The molecule has 1 aliphatic heterocycles. The number of fused-ring (bicyclic) bond motifs is 1. The number of anilines is 3. The van der Waals surface area contributed by atoms with Gasteiger partial charge < -0.3 is 0 Å². The average molecular weight is 338 g/mol. The molecule has 1 aromatic heterocycles. The summed E-state index contributed by atoms with van der Waals surface area (Å²) in [5.41, 5.74) is 2.09. The van der Waals surface area contributed by atoms with Crippen molar-refractivity contribution < 1.29 is 8.42 Å². The second kappa shape index (κ2) is 5.78. The van der Waals surface area contributed by atoms with E-state index in [2.05, 4.69) is 4.98 Å². The highest BCUT2D eigenvalue weighted by atomic mass is 35.5. The molecule has 0 bridgehead atoms. The number of nitrogens with zero attached hydrogens (tertiary/aromatic N) is 3. The van der Waals surface area contributed by atoms with Gasteiger partial charge in [0, 0.05) is 18.6 Å². The summed E-state index contributed by atoms with van der Waals surface area (Å²) < 4.78 is 28.7. The van der Waals surface area contributed by atoms with Crippen molar-refractivity contribution in [2.75, 3.05) is 21.0 Å². The molecule has 1 aromatic carbocycles. The zero-order valence-electron chi connectivity index (χ0n) is 12.1. The van der Waals surface area contributed by atoms with Crippen molar-refractivity contribution in [3.8, 4) is 0 Å². The molecule has 2 heterocycles. The number of halogens is 1. The number of aryl methyl sites for hydroxylation is 1. The predicted octanol–water partition coefficient (Wildman–Crippen LogP) is 3.22. The van der Waals surface area contributed by atoms with Gasteiger partial charge in [0.1, 0.15) is 0 Å². The van der Waals surface area contributed by atoms with E-state index in [1.165, 1.54) is 8.61 Å². The SMILES string of the molecule is Cc1cccnc1N1c2ccccc2N(CCCCl)S1(=O)=O. The van der Waals surface area contributed by atoms with Gasteiger partial charge in [0.2, 0.25) is 0 Å². The monoisotopic (exact) mass is 337 g/mol. The first kappa shape index (κ1) is 15.1. The number of rotatable bonds is 4. The molecule has 0 aliphatic carbocycles.